The van der Waals surface area contributed by atoms with Crippen molar-refractivity contribution in [1.29, 1.82) is 0 Å². The van der Waals surface area contributed by atoms with Gasteiger partial charge in [-0.3, -0.25) is 9.59 Å². The van der Waals surface area contributed by atoms with Crippen LogP contribution in [0.4, 0.5) is 0 Å². The van der Waals surface area contributed by atoms with Crippen molar-refractivity contribution in [3.8, 4) is 0 Å². The number of hydrogen-bond acceptors (Lipinski definition) is 2. The van der Waals surface area contributed by atoms with Gasteiger partial charge in [-0.1, -0.05) is 36.6 Å². The molecule has 0 spiro atoms. The zero-order valence-corrected chi connectivity index (χ0v) is 11.4. The lowest BCUT2D eigenvalue weighted by Crippen LogP contribution is -2.41. The molecule has 0 bridgehead atoms. The minimum Gasteiger partial charge on any atom is -0.352 e. The van der Waals surface area contributed by atoms with E-state index in [0.29, 0.717) is 10.6 Å². The molecule has 1 fully saturated rings. The van der Waals surface area contributed by atoms with Gasteiger partial charge in [-0.2, -0.15) is 0 Å². The SMILES string of the molecule is O=C(CNC(=O)c1ccccc1Cl)NC1CCCC1. The molecule has 0 heterocycles. The van der Waals surface area contributed by atoms with Crippen molar-refractivity contribution >= 4 is 23.4 Å². The normalized spacial score (nSPS) is 15.2. The Hall–Kier alpha value is -1.55. The third kappa shape index (κ3) is 3.96. The second kappa shape index (κ2) is 6.57. The summed E-state index contributed by atoms with van der Waals surface area (Å²) >= 11 is 5.91. The molecule has 19 heavy (non-hydrogen) atoms. The Kier molecular flexibility index (Phi) is 4.80. The Morgan fingerprint density at radius 3 is 2.58 bits per heavy atom. The highest BCUT2D eigenvalue weighted by Gasteiger charge is 2.17. The number of amides is 2. The maximum absolute atomic E-state index is 11.8. The molecule has 102 valence electrons. The van der Waals surface area contributed by atoms with Crippen LogP contribution in [0.25, 0.3) is 0 Å². The van der Waals surface area contributed by atoms with Crippen molar-refractivity contribution in [2.24, 2.45) is 0 Å². The smallest absolute Gasteiger partial charge is 0.253 e. The standard InChI is InChI=1S/C14H17ClN2O2/c15-12-8-4-3-7-11(12)14(19)16-9-13(18)17-10-5-1-2-6-10/h3-4,7-8,10H,1-2,5-6,9H2,(H,16,19)(H,17,18). The number of rotatable bonds is 4. The van der Waals surface area contributed by atoms with Crippen LogP contribution in [0, 0.1) is 0 Å². The first-order valence-electron chi connectivity index (χ1n) is 6.49. The number of benzene rings is 1. The van der Waals surface area contributed by atoms with Gasteiger partial charge in [0.05, 0.1) is 17.1 Å². The molecule has 2 rings (SSSR count). The van der Waals surface area contributed by atoms with E-state index in [-0.39, 0.29) is 24.4 Å². The van der Waals surface area contributed by atoms with Gasteiger partial charge in [-0.05, 0) is 25.0 Å². The van der Waals surface area contributed by atoms with E-state index < -0.39 is 0 Å². The van der Waals surface area contributed by atoms with E-state index in [1.807, 2.05) is 0 Å². The van der Waals surface area contributed by atoms with Crippen molar-refractivity contribution in [3.63, 3.8) is 0 Å². The molecule has 0 radical (unpaired) electrons. The molecular weight excluding hydrogens is 264 g/mol. The lowest BCUT2D eigenvalue weighted by Gasteiger charge is -2.12. The van der Waals surface area contributed by atoms with Gasteiger partial charge >= 0.3 is 0 Å². The summed E-state index contributed by atoms with van der Waals surface area (Å²) in [5.41, 5.74) is 0.387. The first-order chi connectivity index (χ1) is 9.16. The van der Waals surface area contributed by atoms with Crippen LogP contribution in [0.3, 0.4) is 0 Å². The summed E-state index contributed by atoms with van der Waals surface area (Å²) in [7, 11) is 0. The van der Waals surface area contributed by atoms with E-state index in [9.17, 15) is 9.59 Å². The highest BCUT2D eigenvalue weighted by Crippen LogP contribution is 2.17. The molecule has 2 N–H and O–H groups in total. The first kappa shape index (κ1) is 13.9. The lowest BCUT2D eigenvalue weighted by molar-refractivity contribution is -0.120. The molecule has 4 nitrogen and oxygen atoms in total. The van der Waals surface area contributed by atoms with Crippen molar-refractivity contribution in [3.05, 3.63) is 34.9 Å². The van der Waals surface area contributed by atoms with E-state index in [2.05, 4.69) is 10.6 Å². The fourth-order valence-electron chi connectivity index (χ4n) is 2.25. The van der Waals surface area contributed by atoms with Crippen molar-refractivity contribution in [2.45, 2.75) is 31.7 Å². The van der Waals surface area contributed by atoms with Gasteiger partial charge < -0.3 is 10.6 Å². The van der Waals surface area contributed by atoms with E-state index in [1.165, 1.54) is 0 Å². The van der Waals surface area contributed by atoms with Crippen LogP contribution < -0.4 is 10.6 Å². The van der Waals surface area contributed by atoms with Gasteiger partial charge in [0.1, 0.15) is 0 Å². The third-order valence-corrected chi connectivity index (χ3v) is 3.58. The molecule has 0 saturated heterocycles. The molecule has 1 aromatic carbocycles. The molecular formula is C14H17ClN2O2. The third-order valence-electron chi connectivity index (χ3n) is 3.25. The lowest BCUT2D eigenvalue weighted by atomic mass is 10.2. The minimum atomic E-state index is -0.327. The zero-order valence-electron chi connectivity index (χ0n) is 10.6. The van der Waals surface area contributed by atoms with Crippen molar-refractivity contribution < 1.29 is 9.59 Å². The summed E-state index contributed by atoms with van der Waals surface area (Å²) < 4.78 is 0. The molecule has 5 heteroatoms. The number of carbonyl (C=O) groups is 2. The van der Waals surface area contributed by atoms with Gasteiger partial charge in [0.15, 0.2) is 0 Å². The molecule has 0 atom stereocenters. The predicted octanol–water partition coefficient (Wildman–Crippen LogP) is 2.13. The Bertz CT molecular complexity index is 470. The summed E-state index contributed by atoms with van der Waals surface area (Å²) in [5, 5.41) is 5.88. The van der Waals surface area contributed by atoms with E-state index in [4.69, 9.17) is 11.6 Å². The molecule has 1 aliphatic carbocycles. The number of carbonyl (C=O) groups excluding carboxylic acids is 2. The Balaban J connectivity index is 1.80. The van der Waals surface area contributed by atoms with Crippen molar-refractivity contribution in [1.82, 2.24) is 10.6 Å². The molecule has 0 aliphatic heterocycles. The Labute approximate surface area is 117 Å². The quantitative estimate of drug-likeness (QED) is 0.888. The number of nitrogens with one attached hydrogen (secondary N) is 2. The van der Waals surface area contributed by atoms with Crippen LogP contribution >= 0.6 is 11.6 Å². The van der Waals surface area contributed by atoms with E-state index in [0.717, 1.165) is 25.7 Å². The van der Waals surface area contributed by atoms with Crippen LogP contribution in [-0.4, -0.2) is 24.4 Å². The molecule has 0 aromatic heterocycles. The fraction of sp³-hybridized carbons (Fsp3) is 0.429. The van der Waals surface area contributed by atoms with Crippen LogP contribution in [0.5, 0.6) is 0 Å². The van der Waals surface area contributed by atoms with Gasteiger partial charge in [0.2, 0.25) is 5.91 Å². The van der Waals surface area contributed by atoms with Gasteiger partial charge in [-0.25, -0.2) is 0 Å². The average Bonchev–Trinajstić information content (AvgIpc) is 2.89. The van der Waals surface area contributed by atoms with Crippen LogP contribution in [0.2, 0.25) is 5.02 Å². The largest absolute Gasteiger partial charge is 0.352 e. The summed E-state index contributed by atoms with van der Waals surface area (Å²) in [6.45, 7) is -0.0133. The summed E-state index contributed by atoms with van der Waals surface area (Å²) in [5.74, 6) is -0.473. The predicted molar refractivity (Wildman–Crippen MR) is 74.2 cm³/mol. The zero-order chi connectivity index (χ0) is 13.7. The minimum absolute atomic E-state index is 0.0133. The van der Waals surface area contributed by atoms with E-state index in [1.54, 1.807) is 24.3 Å². The molecule has 1 aromatic rings. The molecule has 1 aliphatic rings. The second-order valence-electron chi connectivity index (χ2n) is 4.71. The highest BCUT2D eigenvalue weighted by molar-refractivity contribution is 6.33. The summed E-state index contributed by atoms with van der Waals surface area (Å²) in [6, 6.07) is 7.04. The molecule has 2 amide bonds. The Morgan fingerprint density at radius 1 is 1.21 bits per heavy atom. The van der Waals surface area contributed by atoms with Crippen LogP contribution in [0.1, 0.15) is 36.0 Å². The summed E-state index contributed by atoms with van der Waals surface area (Å²) in [4.78, 5) is 23.5. The molecule has 0 unspecified atom stereocenters. The van der Waals surface area contributed by atoms with Crippen LogP contribution in [-0.2, 0) is 4.79 Å². The summed E-state index contributed by atoms with van der Waals surface area (Å²) in [6.07, 6.45) is 4.39. The van der Waals surface area contributed by atoms with Gasteiger partial charge in [0.25, 0.3) is 5.91 Å². The first-order valence-corrected chi connectivity index (χ1v) is 6.86. The van der Waals surface area contributed by atoms with E-state index >= 15 is 0 Å². The van der Waals surface area contributed by atoms with Crippen molar-refractivity contribution in [2.75, 3.05) is 6.54 Å². The number of hydrogen-bond donors (Lipinski definition) is 2. The maximum Gasteiger partial charge on any atom is 0.253 e. The average molecular weight is 281 g/mol. The maximum atomic E-state index is 11.8. The van der Waals surface area contributed by atoms with Gasteiger partial charge in [0, 0.05) is 6.04 Å². The Morgan fingerprint density at radius 2 is 1.89 bits per heavy atom. The van der Waals surface area contributed by atoms with Crippen LogP contribution in [0.15, 0.2) is 24.3 Å². The van der Waals surface area contributed by atoms with Gasteiger partial charge in [-0.15, -0.1) is 0 Å². The highest BCUT2D eigenvalue weighted by atomic mass is 35.5. The fourth-order valence-corrected chi connectivity index (χ4v) is 2.47. The topological polar surface area (TPSA) is 58.2 Å². The monoisotopic (exact) mass is 280 g/mol. The molecule has 1 saturated carbocycles. The second-order valence-corrected chi connectivity index (χ2v) is 5.12. The number of halogens is 1.